The van der Waals surface area contributed by atoms with Crippen molar-refractivity contribution < 1.29 is 14.3 Å². The minimum atomic E-state index is -0.559. The lowest BCUT2D eigenvalue weighted by Gasteiger charge is -2.05. The van der Waals surface area contributed by atoms with E-state index >= 15 is 0 Å². The summed E-state index contributed by atoms with van der Waals surface area (Å²) in [6.45, 7) is 3.38. The lowest BCUT2D eigenvalue weighted by Crippen LogP contribution is -2.14. The van der Waals surface area contributed by atoms with Crippen molar-refractivity contribution in [1.29, 1.82) is 0 Å². The molecule has 0 saturated carbocycles. The summed E-state index contributed by atoms with van der Waals surface area (Å²) in [5, 5.41) is 0. The number of H-pyrrole nitrogens is 1. The Bertz CT molecular complexity index is 899. The van der Waals surface area contributed by atoms with Crippen molar-refractivity contribution in [3.8, 4) is 0 Å². The van der Waals surface area contributed by atoms with E-state index in [1.807, 2.05) is 13.8 Å². The molecule has 2 heterocycles. The Morgan fingerprint density at radius 3 is 2.52 bits per heavy atom. The van der Waals surface area contributed by atoms with Gasteiger partial charge in [-0.05, 0) is 38.1 Å². The number of aryl methyl sites for hydroxylation is 2. The number of nitrogens with one attached hydrogen (secondary N) is 1. The van der Waals surface area contributed by atoms with Crippen LogP contribution in [-0.2, 0) is 4.74 Å². The molecule has 3 rings (SSSR count). The minimum absolute atomic E-state index is 0.235. The summed E-state index contributed by atoms with van der Waals surface area (Å²) in [7, 11) is 0. The van der Waals surface area contributed by atoms with Crippen LogP contribution in [0.5, 0.6) is 0 Å². The first-order valence-corrected chi connectivity index (χ1v) is 7.12. The van der Waals surface area contributed by atoms with E-state index in [9.17, 15) is 9.59 Å². The number of aromatic nitrogens is 3. The van der Waals surface area contributed by atoms with Crippen LogP contribution < -0.4 is 0 Å². The second kappa shape index (κ2) is 6.00. The van der Waals surface area contributed by atoms with E-state index in [1.165, 1.54) is 0 Å². The van der Waals surface area contributed by atoms with E-state index in [0.717, 1.165) is 11.4 Å². The predicted octanol–water partition coefficient (Wildman–Crippen LogP) is 2.61. The van der Waals surface area contributed by atoms with Crippen molar-refractivity contribution in [3.63, 3.8) is 0 Å². The van der Waals surface area contributed by atoms with Crippen molar-refractivity contribution in [3.05, 3.63) is 59.2 Å². The van der Waals surface area contributed by atoms with E-state index in [2.05, 4.69) is 15.0 Å². The molecule has 0 aliphatic carbocycles. The van der Waals surface area contributed by atoms with Gasteiger partial charge >= 0.3 is 5.97 Å². The second-order valence-electron chi connectivity index (χ2n) is 5.25. The molecule has 116 valence electrons. The molecule has 0 bridgehead atoms. The zero-order chi connectivity index (χ0) is 16.4. The number of carbonyl (C=O) groups excluding carboxylic acids is 2. The van der Waals surface area contributed by atoms with Gasteiger partial charge in [-0.1, -0.05) is 0 Å². The van der Waals surface area contributed by atoms with E-state index in [0.29, 0.717) is 22.2 Å². The maximum Gasteiger partial charge on any atom is 0.338 e. The molecule has 0 aliphatic rings. The number of rotatable bonds is 4. The van der Waals surface area contributed by atoms with Gasteiger partial charge in [0.2, 0.25) is 5.78 Å². The van der Waals surface area contributed by atoms with Crippen LogP contribution in [0.25, 0.3) is 11.0 Å². The number of ether oxygens (including phenoxy) is 1. The van der Waals surface area contributed by atoms with E-state index in [-0.39, 0.29) is 12.4 Å². The fraction of sp³-hybridized carbons (Fsp3) is 0.176. The number of aromatic amines is 1. The van der Waals surface area contributed by atoms with Crippen LogP contribution in [0.15, 0.2) is 36.7 Å². The molecule has 0 saturated heterocycles. The van der Waals surface area contributed by atoms with Gasteiger partial charge in [0.05, 0.1) is 16.6 Å². The third kappa shape index (κ3) is 3.11. The van der Waals surface area contributed by atoms with Crippen molar-refractivity contribution in [2.75, 3.05) is 6.61 Å². The van der Waals surface area contributed by atoms with Crippen molar-refractivity contribution in [2.45, 2.75) is 13.8 Å². The standard InChI is InChI=1S/C17H15N3O3/c1-10-7-13(11(2)20-10)16(21)9-23-17(22)12-3-4-14-15(8-12)19-6-5-18-14/h3-8,20H,9H2,1-2H3. The lowest BCUT2D eigenvalue weighted by molar-refractivity contribution is 0.0474. The highest BCUT2D eigenvalue weighted by Gasteiger charge is 2.15. The summed E-state index contributed by atoms with van der Waals surface area (Å²) in [4.78, 5) is 35.5. The highest BCUT2D eigenvalue weighted by molar-refractivity contribution is 6.00. The normalized spacial score (nSPS) is 10.7. The monoisotopic (exact) mass is 309 g/mol. The third-order valence-corrected chi connectivity index (χ3v) is 3.49. The fourth-order valence-electron chi connectivity index (χ4n) is 2.40. The summed E-state index contributed by atoms with van der Waals surface area (Å²) in [5.41, 5.74) is 3.84. The van der Waals surface area contributed by atoms with Crippen LogP contribution in [0.1, 0.15) is 32.1 Å². The van der Waals surface area contributed by atoms with Gasteiger partial charge in [-0.15, -0.1) is 0 Å². The zero-order valence-corrected chi connectivity index (χ0v) is 12.8. The Morgan fingerprint density at radius 2 is 1.83 bits per heavy atom. The van der Waals surface area contributed by atoms with Gasteiger partial charge < -0.3 is 9.72 Å². The molecule has 1 aromatic carbocycles. The molecule has 0 amide bonds. The lowest BCUT2D eigenvalue weighted by atomic mass is 10.1. The van der Waals surface area contributed by atoms with E-state index in [1.54, 1.807) is 36.7 Å². The van der Waals surface area contributed by atoms with Gasteiger partial charge in [0, 0.05) is 29.3 Å². The quantitative estimate of drug-likeness (QED) is 0.591. The molecule has 6 nitrogen and oxygen atoms in total. The van der Waals surface area contributed by atoms with Crippen LogP contribution in [0.4, 0.5) is 0 Å². The molecule has 0 atom stereocenters. The van der Waals surface area contributed by atoms with Gasteiger partial charge in [0.25, 0.3) is 0 Å². The van der Waals surface area contributed by atoms with Crippen LogP contribution >= 0.6 is 0 Å². The summed E-state index contributed by atoms with van der Waals surface area (Å²) in [6.07, 6.45) is 3.14. The summed E-state index contributed by atoms with van der Waals surface area (Å²) in [5.74, 6) is -0.795. The molecule has 1 N–H and O–H groups in total. The minimum Gasteiger partial charge on any atom is -0.454 e. The van der Waals surface area contributed by atoms with Gasteiger partial charge in [0.15, 0.2) is 6.61 Å². The Hall–Kier alpha value is -3.02. The molecule has 2 aromatic heterocycles. The molecule has 3 aromatic rings. The molecular weight excluding hydrogens is 294 g/mol. The Balaban J connectivity index is 1.71. The first-order chi connectivity index (χ1) is 11.0. The number of hydrogen-bond donors (Lipinski definition) is 1. The highest BCUT2D eigenvalue weighted by atomic mass is 16.5. The van der Waals surface area contributed by atoms with E-state index in [4.69, 9.17) is 4.74 Å². The Kier molecular flexibility index (Phi) is 3.89. The van der Waals surface area contributed by atoms with Gasteiger partial charge in [0.1, 0.15) is 0 Å². The van der Waals surface area contributed by atoms with Crippen molar-refractivity contribution >= 4 is 22.8 Å². The molecule has 23 heavy (non-hydrogen) atoms. The Labute approximate surface area is 132 Å². The molecule has 0 aliphatic heterocycles. The molecule has 0 spiro atoms. The van der Waals surface area contributed by atoms with Crippen molar-refractivity contribution in [2.24, 2.45) is 0 Å². The number of hydrogen-bond acceptors (Lipinski definition) is 5. The summed E-state index contributed by atoms with van der Waals surface area (Å²) >= 11 is 0. The number of nitrogens with zero attached hydrogens (tertiary/aromatic N) is 2. The van der Waals surface area contributed by atoms with Crippen LogP contribution in [0.3, 0.4) is 0 Å². The van der Waals surface area contributed by atoms with Crippen LogP contribution in [-0.4, -0.2) is 33.3 Å². The molecule has 0 fully saturated rings. The number of esters is 1. The average molecular weight is 309 g/mol. The molecule has 0 radical (unpaired) electrons. The smallest absolute Gasteiger partial charge is 0.338 e. The zero-order valence-electron chi connectivity index (χ0n) is 12.8. The van der Waals surface area contributed by atoms with Gasteiger partial charge in [-0.25, -0.2) is 4.79 Å². The molecule has 0 unspecified atom stereocenters. The van der Waals surface area contributed by atoms with Gasteiger partial charge in [-0.3, -0.25) is 14.8 Å². The number of ketones is 1. The SMILES string of the molecule is Cc1cc(C(=O)COC(=O)c2ccc3nccnc3c2)c(C)[nH]1. The maximum atomic E-state index is 12.1. The first-order valence-electron chi connectivity index (χ1n) is 7.12. The topological polar surface area (TPSA) is 84.9 Å². The number of fused-ring (bicyclic) bond motifs is 1. The second-order valence-corrected chi connectivity index (χ2v) is 5.25. The Morgan fingerprint density at radius 1 is 1.09 bits per heavy atom. The first kappa shape index (κ1) is 14.9. The summed E-state index contributed by atoms with van der Waals surface area (Å²) < 4.78 is 5.11. The number of Topliss-reactive ketones (excluding diaryl/α,β-unsaturated/α-hetero) is 1. The number of benzene rings is 1. The maximum absolute atomic E-state index is 12.1. The average Bonchev–Trinajstić information content (AvgIpc) is 2.90. The largest absolute Gasteiger partial charge is 0.454 e. The molecular formula is C17H15N3O3. The van der Waals surface area contributed by atoms with Crippen LogP contribution in [0, 0.1) is 13.8 Å². The van der Waals surface area contributed by atoms with Crippen LogP contribution in [0.2, 0.25) is 0 Å². The molecule has 6 heteroatoms. The fourth-order valence-corrected chi connectivity index (χ4v) is 2.40. The van der Waals surface area contributed by atoms with Gasteiger partial charge in [-0.2, -0.15) is 0 Å². The third-order valence-electron chi connectivity index (χ3n) is 3.49. The van der Waals surface area contributed by atoms with Crippen molar-refractivity contribution in [1.82, 2.24) is 15.0 Å². The summed E-state index contributed by atoms with van der Waals surface area (Å²) in [6, 6.07) is 6.65. The van der Waals surface area contributed by atoms with E-state index < -0.39 is 5.97 Å². The predicted molar refractivity (Wildman–Crippen MR) is 84.4 cm³/mol. The highest BCUT2D eigenvalue weighted by Crippen LogP contribution is 2.13. The number of carbonyl (C=O) groups is 2.